The van der Waals surface area contributed by atoms with Crippen LogP contribution in [0.5, 0.6) is 0 Å². The van der Waals surface area contributed by atoms with Crippen molar-refractivity contribution in [1.29, 1.82) is 0 Å². The maximum Gasteiger partial charge on any atom is 0.249 e. The first-order chi connectivity index (χ1) is 13.6. The van der Waals surface area contributed by atoms with Gasteiger partial charge in [-0.2, -0.15) is 0 Å². The molecule has 11 heteroatoms. The molecule has 2 aliphatic heterocycles. The predicted molar refractivity (Wildman–Crippen MR) is 102 cm³/mol. The molecule has 1 fully saturated rings. The van der Waals surface area contributed by atoms with E-state index in [2.05, 4.69) is 10.6 Å². The first-order valence-corrected chi connectivity index (χ1v) is 10.3. The van der Waals surface area contributed by atoms with Gasteiger partial charge in [0.15, 0.2) is 0 Å². The highest BCUT2D eigenvalue weighted by Gasteiger charge is 2.45. The van der Waals surface area contributed by atoms with Crippen LogP contribution in [0.4, 0.5) is 0 Å². The van der Waals surface area contributed by atoms with Crippen molar-refractivity contribution in [2.24, 2.45) is 5.41 Å². The van der Waals surface area contributed by atoms with Crippen molar-refractivity contribution in [3.05, 3.63) is 10.6 Å². The Bertz CT molecular complexity index is 722. The lowest BCUT2D eigenvalue weighted by molar-refractivity contribution is -0.301. The van der Waals surface area contributed by atoms with E-state index in [1.807, 2.05) is 0 Å². The molecule has 2 rings (SSSR count). The van der Waals surface area contributed by atoms with Gasteiger partial charge in [-0.05, 0) is 0 Å². The van der Waals surface area contributed by atoms with Gasteiger partial charge in [-0.25, -0.2) is 0 Å². The van der Waals surface area contributed by atoms with E-state index in [0.717, 1.165) is 0 Å². The molecule has 2 heterocycles. The van der Waals surface area contributed by atoms with Gasteiger partial charge < -0.3 is 35.6 Å². The SMILES string of the molecule is CC(C)(CO)[C@@H](O)C(=O)NCCC(=O)NCCSC1=C(C(=O)[O-])N2C(=O)C[C@H]2C1. The summed E-state index contributed by atoms with van der Waals surface area (Å²) in [6.07, 6.45) is -0.540. The zero-order chi connectivity index (χ0) is 21.8. The van der Waals surface area contributed by atoms with E-state index in [1.165, 1.54) is 16.7 Å². The number of nitrogens with zero attached hydrogens (tertiary/aromatic N) is 1. The molecule has 0 aromatic rings. The number of nitrogens with one attached hydrogen (secondary N) is 2. The highest BCUT2D eigenvalue weighted by atomic mass is 32.2. The Morgan fingerprint density at radius 1 is 1.28 bits per heavy atom. The van der Waals surface area contributed by atoms with E-state index in [-0.39, 0.29) is 43.1 Å². The number of hydrogen-bond donors (Lipinski definition) is 4. The minimum absolute atomic E-state index is 0.0139. The molecule has 0 unspecified atom stereocenters. The van der Waals surface area contributed by atoms with Crippen LogP contribution in [-0.4, -0.2) is 76.4 Å². The van der Waals surface area contributed by atoms with Gasteiger partial charge in [0.25, 0.3) is 0 Å². The maximum absolute atomic E-state index is 11.8. The van der Waals surface area contributed by atoms with Crippen LogP contribution >= 0.6 is 11.8 Å². The Morgan fingerprint density at radius 3 is 2.55 bits per heavy atom. The van der Waals surface area contributed by atoms with Gasteiger partial charge in [0, 0.05) is 48.4 Å². The topological polar surface area (TPSA) is 159 Å². The normalized spacial score (nSPS) is 19.5. The Labute approximate surface area is 172 Å². The molecule has 0 aromatic heterocycles. The summed E-state index contributed by atoms with van der Waals surface area (Å²) in [6.45, 7) is 3.06. The lowest BCUT2D eigenvalue weighted by Crippen LogP contribution is -2.51. The summed E-state index contributed by atoms with van der Waals surface area (Å²) in [6, 6.07) is -0.0951. The fourth-order valence-corrected chi connectivity index (χ4v) is 4.11. The number of carbonyl (C=O) groups excluding carboxylic acids is 4. The lowest BCUT2D eigenvalue weighted by Gasteiger charge is -2.36. The number of aliphatic carboxylic acids is 1. The van der Waals surface area contributed by atoms with Crippen LogP contribution in [0.15, 0.2) is 10.6 Å². The molecule has 1 saturated heterocycles. The molecule has 10 nitrogen and oxygen atoms in total. The number of thioether (sulfide) groups is 1. The predicted octanol–water partition coefficient (Wildman–Crippen LogP) is -2.31. The first-order valence-electron chi connectivity index (χ1n) is 9.31. The van der Waals surface area contributed by atoms with Crippen molar-refractivity contribution >= 4 is 35.5 Å². The molecular formula is C18H26N3O7S-. The third kappa shape index (κ3) is 5.49. The maximum atomic E-state index is 11.8. The van der Waals surface area contributed by atoms with Crippen molar-refractivity contribution in [3.63, 3.8) is 0 Å². The number of aliphatic hydroxyl groups excluding tert-OH is 2. The van der Waals surface area contributed by atoms with E-state index in [0.29, 0.717) is 30.0 Å². The van der Waals surface area contributed by atoms with E-state index in [4.69, 9.17) is 5.11 Å². The Kier molecular flexibility index (Phi) is 7.66. The van der Waals surface area contributed by atoms with Crippen LogP contribution in [-0.2, 0) is 19.2 Å². The summed E-state index contributed by atoms with van der Waals surface area (Å²) in [5.41, 5.74) is -1.04. The Morgan fingerprint density at radius 2 is 1.97 bits per heavy atom. The van der Waals surface area contributed by atoms with Gasteiger partial charge in [-0.1, -0.05) is 13.8 Å². The van der Waals surface area contributed by atoms with Gasteiger partial charge in [0.05, 0.1) is 24.3 Å². The molecule has 0 radical (unpaired) electrons. The molecule has 0 spiro atoms. The average molecular weight is 428 g/mol. The second kappa shape index (κ2) is 9.59. The molecule has 2 aliphatic rings. The van der Waals surface area contributed by atoms with Crippen molar-refractivity contribution in [2.45, 2.75) is 45.3 Å². The van der Waals surface area contributed by atoms with Gasteiger partial charge in [-0.3, -0.25) is 14.4 Å². The number of carboxylic acid groups (broad SMARTS) is 1. The van der Waals surface area contributed by atoms with E-state index < -0.39 is 23.4 Å². The summed E-state index contributed by atoms with van der Waals surface area (Å²) < 4.78 is 0. The first kappa shape index (κ1) is 23.2. The molecule has 0 bridgehead atoms. The number of amides is 3. The second-order valence-electron chi connectivity index (χ2n) is 7.67. The lowest BCUT2D eigenvalue weighted by atomic mass is 9.87. The largest absolute Gasteiger partial charge is 0.543 e. The van der Waals surface area contributed by atoms with Gasteiger partial charge in [-0.15, -0.1) is 11.8 Å². The summed E-state index contributed by atoms with van der Waals surface area (Å²) in [5, 5.41) is 35.4. The summed E-state index contributed by atoms with van der Waals surface area (Å²) in [7, 11) is 0. The third-order valence-electron chi connectivity index (χ3n) is 4.91. The Balaban J connectivity index is 1.66. The molecule has 0 aromatic carbocycles. The number of rotatable bonds is 11. The van der Waals surface area contributed by atoms with Crippen LogP contribution in [0.2, 0.25) is 0 Å². The van der Waals surface area contributed by atoms with Crippen molar-refractivity contribution in [1.82, 2.24) is 15.5 Å². The zero-order valence-electron chi connectivity index (χ0n) is 16.4. The van der Waals surface area contributed by atoms with E-state index in [1.54, 1.807) is 13.8 Å². The standard InChI is InChI=1S/C18H27N3O7S/c1-18(2,9-22)15(25)16(26)20-4-3-12(23)19-5-6-29-11-7-10-8-13(24)21(10)14(11)17(27)28/h10,15,22,25H,3-9H2,1-2H3,(H,19,23)(H,20,26)(H,27,28)/p-1/t10-,15+/m1/s1. The molecule has 4 N–H and O–H groups in total. The van der Waals surface area contributed by atoms with E-state index >= 15 is 0 Å². The fourth-order valence-electron chi connectivity index (χ4n) is 3.03. The number of hydrogen-bond acceptors (Lipinski definition) is 8. The van der Waals surface area contributed by atoms with Gasteiger partial charge in [0.2, 0.25) is 17.7 Å². The molecular weight excluding hydrogens is 402 g/mol. The van der Waals surface area contributed by atoms with Crippen LogP contribution < -0.4 is 15.7 Å². The molecule has 162 valence electrons. The van der Waals surface area contributed by atoms with Crippen LogP contribution in [0.3, 0.4) is 0 Å². The zero-order valence-corrected chi connectivity index (χ0v) is 17.2. The number of fused-ring (bicyclic) bond motifs is 1. The quantitative estimate of drug-likeness (QED) is 0.211. The molecule has 0 aliphatic carbocycles. The smallest absolute Gasteiger partial charge is 0.249 e. The Hall–Kier alpha value is -2.11. The molecule has 3 amide bonds. The third-order valence-corrected chi connectivity index (χ3v) is 6.03. The van der Waals surface area contributed by atoms with Crippen molar-refractivity contribution in [3.8, 4) is 0 Å². The number of aliphatic hydroxyl groups is 2. The average Bonchev–Trinajstić information content (AvgIpc) is 2.96. The minimum Gasteiger partial charge on any atom is -0.543 e. The highest BCUT2D eigenvalue weighted by molar-refractivity contribution is 8.03. The second-order valence-corrected chi connectivity index (χ2v) is 8.86. The molecule has 0 saturated carbocycles. The summed E-state index contributed by atoms with van der Waals surface area (Å²) in [5.74, 6) is -2.11. The van der Waals surface area contributed by atoms with E-state index in [9.17, 15) is 29.4 Å². The van der Waals surface area contributed by atoms with Gasteiger partial charge >= 0.3 is 0 Å². The summed E-state index contributed by atoms with van der Waals surface area (Å²) >= 11 is 1.27. The van der Waals surface area contributed by atoms with Crippen LogP contribution in [0, 0.1) is 5.41 Å². The molecule has 29 heavy (non-hydrogen) atoms. The highest BCUT2D eigenvalue weighted by Crippen LogP contribution is 2.42. The van der Waals surface area contributed by atoms with Gasteiger partial charge in [0.1, 0.15) is 6.10 Å². The monoisotopic (exact) mass is 428 g/mol. The van der Waals surface area contributed by atoms with Crippen molar-refractivity contribution in [2.75, 3.05) is 25.4 Å². The fraction of sp³-hybridized carbons (Fsp3) is 0.667. The minimum atomic E-state index is -1.39. The number of β-lactam (4-membered cyclic amide) rings is 1. The van der Waals surface area contributed by atoms with Crippen molar-refractivity contribution < 1.29 is 34.5 Å². The van der Waals surface area contributed by atoms with Crippen LogP contribution in [0.1, 0.15) is 33.1 Å². The summed E-state index contributed by atoms with van der Waals surface area (Å²) in [4.78, 5) is 48.3. The van der Waals surface area contributed by atoms with Crippen LogP contribution in [0.25, 0.3) is 0 Å². The number of carbonyl (C=O) groups is 4. The molecule has 2 atom stereocenters. The number of carboxylic acids is 1.